The van der Waals surface area contributed by atoms with Crippen molar-refractivity contribution in [3.8, 4) is 0 Å². The number of carbonyl (C=O) groups excluding carboxylic acids is 1. The predicted octanol–water partition coefficient (Wildman–Crippen LogP) is 2.93. The zero-order chi connectivity index (χ0) is 19.0. The van der Waals surface area contributed by atoms with Gasteiger partial charge in [-0.05, 0) is 36.2 Å². The summed E-state index contributed by atoms with van der Waals surface area (Å²) in [6, 6.07) is 12.9. The first-order chi connectivity index (χ1) is 12.9. The molecule has 1 aliphatic rings. The van der Waals surface area contributed by atoms with Crippen LogP contribution in [0.1, 0.15) is 15.9 Å². The van der Waals surface area contributed by atoms with Crippen molar-refractivity contribution in [2.75, 3.05) is 22.9 Å². The molecule has 4 rings (SSSR count). The molecule has 0 saturated carbocycles. The lowest BCUT2D eigenvalue weighted by molar-refractivity contribution is 0.102. The van der Waals surface area contributed by atoms with Crippen molar-refractivity contribution in [1.82, 2.24) is 9.97 Å². The van der Waals surface area contributed by atoms with Crippen LogP contribution in [0.5, 0.6) is 0 Å². The molecule has 27 heavy (non-hydrogen) atoms. The molecule has 0 N–H and O–H groups in total. The van der Waals surface area contributed by atoms with E-state index in [0.717, 1.165) is 21.5 Å². The molecular formula is C19H17N3O3S2. The van der Waals surface area contributed by atoms with Crippen LogP contribution in [0.15, 0.2) is 53.8 Å². The number of Topliss-reactive ketones (excluding diaryl/α,β-unsaturated/α-hetero) is 1. The Morgan fingerprint density at radius 3 is 2.81 bits per heavy atom. The highest BCUT2D eigenvalue weighted by Crippen LogP contribution is 2.31. The maximum atomic E-state index is 12.6. The molecule has 0 spiro atoms. The second kappa shape index (κ2) is 6.94. The van der Waals surface area contributed by atoms with Crippen LogP contribution in [0.25, 0.3) is 10.9 Å². The molecule has 0 amide bonds. The number of aromatic nitrogens is 2. The largest absolute Gasteiger partial charge is 0.293 e. The summed E-state index contributed by atoms with van der Waals surface area (Å²) < 4.78 is 25.0. The van der Waals surface area contributed by atoms with Gasteiger partial charge in [-0.1, -0.05) is 30.0 Å². The number of benzene rings is 2. The Hall–Kier alpha value is -2.45. The van der Waals surface area contributed by atoms with Gasteiger partial charge in [0.1, 0.15) is 11.4 Å². The van der Waals surface area contributed by atoms with Gasteiger partial charge in [-0.15, -0.1) is 0 Å². The summed E-state index contributed by atoms with van der Waals surface area (Å²) in [4.78, 5) is 21.2. The van der Waals surface area contributed by atoms with E-state index in [1.807, 2.05) is 30.3 Å². The van der Waals surface area contributed by atoms with E-state index in [1.165, 1.54) is 28.7 Å². The van der Waals surface area contributed by atoms with E-state index in [-0.39, 0.29) is 11.5 Å². The van der Waals surface area contributed by atoms with Gasteiger partial charge in [0, 0.05) is 17.5 Å². The van der Waals surface area contributed by atoms with E-state index >= 15 is 0 Å². The second-order valence-electron chi connectivity index (χ2n) is 6.34. The van der Waals surface area contributed by atoms with Crippen molar-refractivity contribution in [2.45, 2.75) is 11.4 Å². The molecule has 1 aliphatic heterocycles. The Balaban J connectivity index is 1.53. The van der Waals surface area contributed by atoms with Gasteiger partial charge < -0.3 is 0 Å². The normalized spacial score (nSPS) is 13.7. The number of hydrogen-bond acceptors (Lipinski definition) is 6. The van der Waals surface area contributed by atoms with E-state index in [0.29, 0.717) is 24.2 Å². The molecular weight excluding hydrogens is 382 g/mol. The molecule has 0 saturated heterocycles. The van der Waals surface area contributed by atoms with Crippen LogP contribution in [0, 0.1) is 0 Å². The van der Waals surface area contributed by atoms with E-state index in [2.05, 4.69) is 9.97 Å². The fourth-order valence-electron chi connectivity index (χ4n) is 3.20. The first-order valence-corrected chi connectivity index (χ1v) is 11.2. The summed E-state index contributed by atoms with van der Waals surface area (Å²) >= 11 is 1.38. The molecule has 8 heteroatoms. The molecule has 2 heterocycles. The van der Waals surface area contributed by atoms with Gasteiger partial charge in [0.15, 0.2) is 5.78 Å². The number of anilines is 1. The Kier molecular flexibility index (Phi) is 4.61. The number of ketones is 1. The SMILES string of the molecule is CS(=O)(=O)N1CCc2cc(C(=O)CSc3ncnc4ccccc34)ccc21. The van der Waals surface area contributed by atoms with Crippen LogP contribution in [0.2, 0.25) is 0 Å². The molecule has 0 unspecified atom stereocenters. The molecule has 0 atom stereocenters. The highest BCUT2D eigenvalue weighted by molar-refractivity contribution is 8.00. The molecule has 2 aromatic carbocycles. The highest BCUT2D eigenvalue weighted by atomic mass is 32.2. The summed E-state index contributed by atoms with van der Waals surface area (Å²) in [7, 11) is -3.29. The molecule has 138 valence electrons. The molecule has 6 nitrogen and oxygen atoms in total. The Morgan fingerprint density at radius 1 is 1.19 bits per heavy atom. The Labute approximate surface area is 161 Å². The Morgan fingerprint density at radius 2 is 2.00 bits per heavy atom. The van der Waals surface area contributed by atoms with Crippen LogP contribution in [-0.4, -0.2) is 42.7 Å². The van der Waals surface area contributed by atoms with Crippen LogP contribution in [0.3, 0.4) is 0 Å². The van der Waals surface area contributed by atoms with E-state index < -0.39 is 10.0 Å². The minimum absolute atomic E-state index is 0.0108. The number of carbonyl (C=O) groups is 1. The van der Waals surface area contributed by atoms with Gasteiger partial charge in [0.25, 0.3) is 0 Å². The number of rotatable bonds is 5. The van der Waals surface area contributed by atoms with Gasteiger partial charge in [-0.3, -0.25) is 9.10 Å². The Bertz CT molecular complexity index is 1140. The van der Waals surface area contributed by atoms with Gasteiger partial charge in [0.05, 0.1) is 23.2 Å². The number of nitrogens with zero attached hydrogens (tertiary/aromatic N) is 3. The highest BCUT2D eigenvalue weighted by Gasteiger charge is 2.26. The van der Waals surface area contributed by atoms with Crippen molar-refractivity contribution in [2.24, 2.45) is 0 Å². The number of para-hydroxylation sites is 1. The lowest BCUT2D eigenvalue weighted by Crippen LogP contribution is -2.27. The summed E-state index contributed by atoms with van der Waals surface area (Å²) in [5, 5.41) is 1.70. The number of thioether (sulfide) groups is 1. The third-order valence-corrected chi connectivity index (χ3v) is 6.69. The standard InChI is InChI=1S/C19H17N3O3S2/c1-27(24,25)22-9-8-13-10-14(6-7-17(13)22)18(23)11-26-19-15-4-2-3-5-16(15)20-12-21-19/h2-7,10,12H,8-9,11H2,1H3. The summed E-state index contributed by atoms with van der Waals surface area (Å²) in [5.74, 6) is 0.249. The smallest absolute Gasteiger partial charge is 0.232 e. The molecule has 0 radical (unpaired) electrons. The van der Waals surface area contributed by atoms with Crippen LogP contribution < -0.4 is 4.31 Å². The van der Waals surface area contributed by atoms with Crippen LogP contribution in [-0.2, 0) is 16.4 Å². The van der Waals surface area contributed by atoms with Crippen LogP contribution in [0.4, 0.5) is 5.69 Å². The maximum absolute atomic E-state index is 12.6. The lowest BCUT2D eigenvalue weighted by Gasteiger charge is -2.16. The van der Waals surface area contributed by atoms with E-state index in [4.69, 9.17) is 0 Å². The van der Waals surface area contributed by atoms with Gasteiger partial charge in [-0.25, -0.2) is 18.4 Å². The zero-order valence-corrected chi connectivity index (χ0v) is 16.3. The van der Waals surface area contributed by atoms with Gasteiger partial charge in [-0.2, -0.15) is 0 Å². The van der Waals surface area contributed by atoms with E-state index in [9.17, 15) is 13.2 Å². The summed E-state index contributed by atoms with van der Waals surface area (Å²) in [6.45, 7) is 0.424. The first kappa shape index (κ1) is 17.9. The molecule has 1 aromatic heterocycles. The van der Waals surface area contributed by atoms with Crippen molar-refractivity contribution < 1.29 is 13.2 Å². The maximum Gasteiger partial charge on any atom is 0.232 e. The summed E-state index contributed by atoms with van der Waals surface area (Å²) in [5.41, 5.74) is 3.00. The molecule has 0 bridgehead atoms. The molecule has 0 aliphatic carbocycles. The van der Waals surface area contributed by atoms with Gasteiger partial charge in [0.2, 0.25) is 10.0 Å². The number of fused-ring (bicyclic) bond motifs is 2. The quantitative estimate of drug-likeness (QED) is 0.373. The molecule has 0 fully saturated rings. The summed E-state index contributed by atoms with van der Waals surface area (Å²) in [6.07, 6.45) is 3.32. The van der Waals surface area contributed by atoms with E-state index in [1.54, 1.807) is 12.1 Å². The monoisotopic (exact) mass is 399 g/mol. The second-order valence-corrected chi connectivity index (χ2v) is 9.21. The third kappa shape index (κ3) is 3.54. The average Bonchev–Trinajstić information content (AvgIpc) is 3.09. The first-order valence-electron chi connectivity index (χ1n) is 8.40. The topological polar surface area (TPSA) is 80.2 Å². The fourth-order valence-corrected chi connectivity index (χ4v) is 5.04. The molecule has 3 aromatic rings. The number of sulfonamides is 1. The average molecular weight is 399 g/mol. The minimum atomic E-state index is -3.29. The van der Waals surface area contributed by atoms with Crippen LogP contribution >= 0.6 is 11.8 Å². The predicted molar refractivity (Wildman–Crippen MR) is 107 cm³/mol. The van der Waals surface area contributed by atoms with Crippen molar-refractivity contribution in [1.29, 1.82) is 0 Å². The zero-order valence-electron chi connectivity index (χ0n) is 14.6. The minimum Gasteiger partial charge on any atom is -0.293 e. The van der Waals surface area contributed by atoms with Crippen molar-refractivity contribution >= 4 is 44.2 Å². The van der Waals surface area contributed by atoms with Gasteiger partial charge >= 0.3 is 0 Å². The number of hydrogen-bond donors (Lipinski definition) is 0. The van der Waals surface area contributed by atoms with Crippen molar-refractivity contribution in [3.05, 3.63) is 59.9 Å². The fraction of sp³-hybridized carbons (Fsp3) is 0.211. The lowest BCUT2D eigenvalue weighted by atomic mass is 10.1. The third-order valence-electron chi connectivity index (χ3n) is 4.50. The van der Waals surface area contributed by atoms with Crippen molar-refractivity contribution in [3.63, 3.8) is 0 Å².